The SMILES string of the molecule is CC(C)C1CCN(CC2CCCCN2)CC1. The molecule has 2 nitrogen and oxygen atoms in total. The molecule has 0 bridgehead atoms. The van der Waals surface area contributed by atoms with Crippen LogP contribution in [0, 0.1) is 11.8 Å². The van der Waals surface area contributed by atoms with Gasteiger partial charge in [0.15, 0.2) is 0 Å². The van der Waals surface area contributed by atoms with E-state index < -0.39 is 0 Å². The van der Waals surface area contributed by atoms with Gasteiger partial charge in [-0.1, -0.05) is 20.3 Å². The van der Waals surface area contributed by atoms with E-state index in [1.807, 2.05) is 0 Å². The van der Waals surface area contributed by atoms with E-state index in [9.17, 15) is 0 Å². The topological polar surface area (TPSA) is 15.3 Å². The van der Waals surface area contributed by atoms with E-state index in [4.69, 9.17) is 0 Å². The van der Waals surface area contributed by atoms with Crippen LogP contribution in [0.15, 0.2) is 0 Å². The first-order chi connectivity index (χ1) is 7.75. The van der Waals surface area contributed by atoms with Crippen LogP contribution in [0.25, 0.3) is 0 Å². The molecule has 16 heavy (non-hydrogen) atoms. The van der Waals surface area contributed by atoms with Crippen LogP contribution in [0.4, 0.5) is 0 Å². The quantitative estimate of drug-likeness (QED) is 0.792. The first-order valence-electron chi connectivity index (χ1n) is 7.21. The van der Waals surface area contributed by atoms with Crippen LogP contribution in [0.3, 0.4) is 0 Å². The molecule has 2 heterocycles. The van der Waals surface area contributed by atoms with Crippen LogP contribution in [0.1, 0.15) is 46.0 Å². The summed E-state index contributed by atoms with van der Waals surface area (Å²) in [5.74, 6) is 1.87. The minimum atomic E-state index is 0.782. The zero-order valence-electron chi connectivity index (χ0n) is 11.0. The maximum atomic E-state index is 3.66. The molecule has 2 aliphatic heterocycles. The van der Waals surface area contributed by atoms with Gasteiger partial charge in [-0.25, -0.2) is 0 Å². The predicted octanol–water partition coefficient (Wildman–Crippen LogP) is 2.50. The minimum Gasteiger partial charge on any atom is -0.313 e. The van der Waals surface area contributed by atoms with Crippen molar-refractivity contribution < 1.29 is 0 Å². The summed E-state index contributed by atoms with van der Waals surface area (Å²) in [5.41, 5.74) is 0. The van der Waals surface area contributed by atoms with E-state index in [1.54, 1.807) is 0 Å². The van der Waals surface area contributed by atoms with E-state index >= 15 is 0 Å². The van der Waals surface area contributed by atoms with Crippen LogP contribution in [-0.2, 0) is 0 Å². The fourth-order valence-corrected chi connectivity index (χ4v) is 3.19. The molecule has 1 N–H and O–H groups in total. The maximum Gasteiger partial charge on any atom is 0.0195 e. The van der Waals surface area contributed by atoms with Crippen molar-refractivity contribution in [2.45, 2.75) is 52.0 Å². The molecule has 94 valence electrons. The monoisotopic (exact) mass is 224 g/mol. The molecule has 0 amide bonds. The Labute approximate surface area is 101 Å². The van der Waals surface area contributed by atoms with Gasteiger partial charge in [-0.3, -0.25) is 0 Å². The highest BCUT2D eigenvalue weighted by Gasteiger charge is 2.23. The second-order valence-corrected chi connectivity index (χ2v) is 6.03. The predicted molar refractivity (Wildman–Crippen MR) is 69.6 cm³/mol. The molecule has 0 aromatic rings. The Balaban J connectivity index is 1.68. The van der Waals surface area contributed by atoms with Crippen molar-refractivity contribution in [2.75, 3.05) is 26.2 Å². The number of likely N-dealkylation sites (tertiary alicyclic amines) is 1. The lowest BCUT2D eigenvalue weighted by Crippen LogP contribution is -2.46. The van der Waals surface area contributed by atoms with Crippen molar-refractivity contribution in [3.8, 4) is 0 Å². The van der Waals surface area contributed by atoms with Crippen molar-refractivity contribution in [1.82, 2.24) is 10.2 Å². The molecule has 1 atom stereocenters. The Morgan fingerprint density at radius 1 is 1.12 bits per heavy atom. The first kappa shape index (κ1) is 12.4. The van der Waals surface area contributed by atoms with E-state index in [2.05, 4.69) is 24.1 Å². The molecular formula is C14H28N2. The van der Waals surface area contributed by atoms with Crippen molar-refractivity contribution >= 4 is 0 Å². The molecule has 2 rings (SSSR count). The molecule has 1 unspecified atom stereocenters. The summed E-state index contributed by atoms with van der Waals surface area (Å²) in [6.07, 6.45) is 7.05. The number of hydrogen-bond acceptors (Lipinski definition) is 2. The number of rotatable bonds is 3. The van der Waals surface area contributed by atoms with Crippen molar-refractivity contribution in [3.63, 3.8) is 0 Å². The fraction of sp³-hybridized carbons (Fsp3) is 1.00. The summed E-state index contributed by atoms with van der Waals surface area (Å²) >= 11 is 0. The number of nitrogens with zero attached hydrogens (tertiary/aromatic N) is 1. The lowest BCUT2D eigenvalue weighted by Gasteiger charge is -2.36. The smallest absolute Gasteiger partial charge is 0.0195 e. The number of piperidine rings is 2. The van der Waals surface area contributed by atoms with Crippen LogP contribution < -0.4 is 5.32 Å². The molecule has 2 aliphatic rings. The summed E-state index contributed by atoms with van der Waals surface area (Å²) in [6.45, 7) is 9.96. The van der Waals surface area contributed by atoms with Gasteiger partial charge in [-0.05, 0) is 57.2 Å². The van der Waals surface area contributed by atoms with Gasteiger partial charge in [-0.2, -0.15) is 0 Å². The highest BCUT2D eigenvalue weighted by Crippen LogP contribution is 2.24. The summed E-state index contributed by atoms with van der Waals surface area (Å²) < 4.78 is 0. The molecule has 0 saturated carbocycles. The normalized spacial score (nSPS) is 29.8. The van der Waals surface area contributed by atoms with E-state index in [-0.39, 0.29) is 0 Å². The van der Waals surface area contributed by atoms with Crippen molar-refractivity contribution in [1.29, 1.82) is 0 Å². The molecule has 0 aromatic heterocycles. The van der Waals surface area contributed by atoms with Gasteiger partial charge < -0.3 is 10.2 Å². The summed E-state index contributed by atoms with van der Waals surface area (Å²) in [6, 6.07) is 0.782. The zero-order chi connectivity index (χ0) is 11.4. The minimum absolute atomic E-state index is 0.782. The Morgan fingerprint density at radius 3 is 2.44 bits per heavy atom. The Kier molecular flexibility index (Phi) is 4.66. The third-order valence-electron chi connectivity index (χ3n) is 4.47. The van der Waals surface area contributed by atoms with E-state index in [1.165, 1.54) is 58.3 Å². The average molecular weight is 224 g/mol. The maximum absolute atomic E-state index is 3.66. The third kappa shape index (κ3) is 3.46. The Morgan fingerprint density at radius 2 is 1.88 bits per heavy atom. The molecule has 0 aliphatic carbocycles. The van der Waals surface area contributed by atoms with Crippen LogP contribution >= 0.6 is 0 Å². The van der Waals surface area contributed by atoms with Crippen LogP contribution in [-0.4, -0.2) is 37.1 Å². The summed E-state index contributed by atoms with van der Waals surface area (Å²) in [5, 5.41) is 3.66. The van der Waals surface area contributed by atoms with Gasteiger partial charge in [-0.15, -0.1) is 0 Å². The summed E-state index contributed by atoms with van der Waals surface area (Å²) in [4.78, 5) is 2.68. The molecule has 0 radical (unpaired) electrons. The lowest BCUT2D eigenvalue weighted by molar-refractivity contribution is 0.140. The molecule has 2 heteroatoms. The van der Waals surface area contributed by atoms with Gasteiger partial charge in [0.25, 0.3) is 0 Å². The lowest BCUT2D eigenvalue weighted by atomic mass is 9.86. The van der Waals surface area contributed by atoms with Gasteiger partial charge in [0.2, 0.25) is 0 Å². The molecule has 2 fully saturated rings. The highest BCUT2D eigenvalue weighted by molar-refractivity contribution is 4.80. The summed E-state index contributed by atoms with van der Waals surface area (Å²) in [7, 11) is 0. The molecule has 0 aromatic carbocycles. The first-order valence-corrected chi connectivity index (χ1v) is 7.21. The van der Waals surface area contributed by atoms with Crippen LogP contribution in [0.5, 0.6) is 0 Å². The van der Waals surface area contributed by atoms with Gasteiger partial charge in [0, 0.05) is 12.6 Å². The van der Waals surface area contributed by atoms with E-state index in [0.29, 0.717) is 0 Å². The second-order valence-electron chi connectivity index (χ2n) is 6.03. The Hall–Kier alpha value is -0.0800. The van der Waals surface area contributed by atoms with Crippen LogP contribution in [0.2, 0.25) is 0 Å². The largest absolute Gasteiger partial charge is 0.313 e. The second kappa shape index (κ2) is 6.02. The number of nitrogens with one attached hydrogen (secondary N) is 1. The van der Waals surface area contributed by atoms with Gasteiger partial charge in [0.1, 0.15) is 0 Å². The van der Waals surface area contributed by atoms with Crippen molar-refractivity contribution in [3.05, 3.63) is 0 Å². The Bertz CT molecular complexity index is 189. The standard InChI is InChI=1S/C14H28N2/c1-12(2)13-6-9-16(10-7-13)11-14-5-3-4-8-15-14/h12-15H,3-11H2,1-2H3. The number of hydrogen-bond donors (Lipinski definition) is 1. The highest BCUT2D eigenvalue weighted by atomic mass is 15.2. The molecule has 2 saturated heterocycles. The van der Waals surface area contributed by atoms with Gasteiger partial charge >= 0.3 is 0 Å². The average Bonchev–Trinajstić information content (AvgIpc) is 2.31. The third-order valence-corrected chi connectivity index (χ3v) is 4.47. The van der Waals surface area contributed by atoms with E-state index in [0.717, 1.165) is 17.9 Å². The molecule has 0 spiro atoms. The van der Waals surface area contributed by atoms with Crippen molar-refractivity contribution in [2.24, 2.45) is 11.8 Å². The van der Waals surface area contributed by atoms with Gasteiger partial charge in [0.05, 0.1) is 0 Å². The fourth-order valence-electron chi connectivity index (χ4n) is 3.19. The molecular weight excluding hydrogens is 196 g/mol. The zero-order valence-corrected chi connectivity index (χ0v) is 11.0.